The van der Waals surface area contributed by atoms with Crippen molar-refractivity contribution in [1.29, 1.82) is 0 Å². The second-order valence-corrected chi connectivity index (χ2v) is 7.82. The first-order valence-electron chi connectivity index (χ1n) is 10.6. The molecule has 0 amide bonds. The van der Waals surface area contributed by atoms with E-state index < -0.39 is 6.10 Å². The number of hydrogen-bond acceptors (Lipinski definition) is 4. The van der Waals surface area contributed by atoms with Crippen molar-refractivity contribution in [2.45, 2.75) is 40.7 Å². The molecule has 2 aromatic carbocycles. The van der Waals surface area contributed by atoms with E-state index in [1.54, 1.807) is 6.92 Å². The molecule has 0 aliphatic rings. The third kappa shape index (κ3) is 4.58. The summed E-state index contributed by atoms with van der Waals surface area (Å²) in [6, 6.07) is 14.1. The normalized spacial score (nSPS) is 12.5. The van der Waals surface area contributed by atoms with Crippen molar-refractivity contribution in [3.8, 4) is 11.4 Å². The zero-order chi connectivity index (χ0) is 21.8. The molecule has 0 bridgehead atoms. The largest absolute Gasteiger partial charge is 0.491 e. The van der Waals surface area contributed by atoms with E-state index in [2.05, 4.69) is 54.5 Å². The molecule has 0 aliphatic heterocycles. The molecule has 1 atom stereocenters. The fraction of sp³-hybridized carbons (Fsp3) is 0.400. The first-order chi connectivity index (χ1) is 14.3. The lowest BCUT2D eigenvalue weighted by molar-refractivity contribution is 0.0717. The molecule has 0 spiro atoms. The summed E-state index contributed by atoms with van der Waals surface area (Å²) in [6.07, 6.45) is -0.563. The highest BCUT2D eigenvalue weighted by Crippen LogP contribution is 2.32. The SMILES string of the molecule is CCN(CC)C[C@H](O)COc1ccc2c(c1)c(C(C)=O)c(C)n2-c1ccc(C)cc1. The van der Waals surface area contributed by atoms with Crippen LogP contribution < -0.4 is 4.74 Å². The number of nitrogens with zero attached hydrogens (tertiary/aromatic N) is 2. The number of aromatic nitrogens is 1. The average Bonchev–Trinajstić information content (AvgIpc) is 3.02. The Hall–Kier alpha value is -2.63. The number of aliphatic hydroxyl groups excluding tert-OH is 1. The van der Waals surface area contributed by atoms with Crippen molar-refractivity contribution >= 4 is 16.7 Å². The fourth-order valence-electron chi connectivity index (χ4n) is 3.98. The summed E-state index contributed by atoms with van der Waals surface area (Å²) in [5, 5.41) is 11.2. The number of ketones is 1. The van der Waals surface area contributed by atoms with Gasteiger partial charge < -0.3 is 19.3 Å². The Bertz CT molecular complexity index is 1020. The minimum Gasteiger partial charge on any atom is -0.491 e. The van der Waals surface area contributed by atoms with Crippen molar-refractivity contribution in [2.24, 2.45) is 0 Å². The number of fused-ring (bicyclic) bond motifs is 1. The molecule has 3 rings (SSSR count). The number of aliphatic hydroxyl groups is 1. The number of aryl methyl sites for hydroxylation is 1. The van der Waals surface area contributed by atoms with Gasteiger partial charge in [-0.25, -0.2) is 0 Å². The molecule has 0 saturated carbocycles. The Morgan fingerprint density at radius 3 is 2.37 bits per heavy atom. The molecule has 5 nitrogen and oxygen atoms in total. The van der Waals surface area contributed by atoms with Crippen molar-refractivity contribution < 1.29 is 14.6 Å². The van der Waals surface area contributed by atoms with Crippen LogP contribution in [0.2, 0.25) is 0 Å². The third-order valence-corrected chi connectivity index (χ3v) is 5.63. The maximum absolute atomic E-state index is 12.4. The van der Waals surface area contributed by atoms with E-state index in [9.17, 15) is 9.90 Å². The van der Waals surface area contributed by atoms with Crippen molar-refractivity contribution in [1.82, 2.24) is 9.47 Å². The van der Waals surface area contributed by atoms with Crippen LogP contribution in [0.5, 0.6) is 5.75 Å². The van der Waals surface area contributed by atoms with E-state index in [1.807, 2.05) is 25.1 Å². The van der Waals surface area contributed by atoms with Gasteiger partial charge in [-0.05, 0) is 64.2 Å². The zero-order valence-corrected chi connectivity index (χ0v) is 18.6. The quantitative estimate of drug-likeness (QED) is 0.529. The number of likely N-dealkylation sites (N-methyl/N-ethyl adjacent to an activating group) is 1. The lowest BCUT2D eigenvalue weighted by Gasteiger charge is -2.22. The molecule has 1 aromatic heterocycles. The van der Waals surface area contributed by atoms with Crippen molar-refractivity contribution in [2.75, 3.05) is 26.2 Å². The summed E-state index contributed by atoms with van der Waals surface area (Å²) in [4.78, 5) is 14.6. The number of hydrogen-bond donors (Lipinski definition) is 1. The first-order valence-corrected chi connectivity index (χ1v) is 10.6. The van der Waals surface area contributed by atoms with Crippen LogP contribution in [0.3, 0.4) is 0 Å². The Kier molecular flexibility index (Phi) is 6.95. The van der Waals surface area contributed by atoms with E-state index in [-0.39, 0.29) is 12.4 Å². The van der Waals surface area contributed by atoms with Crippen LogP contribution in [0.15, 0.2) is 42.5 Å². The van der Waals surface area contributed by atoms with Gasteiger partial charge in [-0.1, -0.05) is 31.5 Å². The minimum absolute atomic E-state index is 0.0297. The Morgan fingerprint density at radius 2 is 1.77 bits per heavy atom. The molecular weight excluding hydrogens is 376 g/mol. The van der Waals surface area contributed by atoms with Gasteiger partial charge in [-0.15, -0.1) is 0 Å². The van der Waals surface area contributed by atoms with Gasteiger partial charge in [0.15, 0.2) is 5.78 Å². The second-order valence-electron chi connectivity index (χ2n) is 7.82. The molecule has 0 unspecified atom stereocenters. The standard InChI is InChI=1S/C25H32N2O3/c1-6-26(7-2)15-21(29)16-30-22-12-13-24-23(14-22)25(19(5)28)18(4)27(24)20-10-8-17(3)9-11-20/h8-14,21,29H,6-7,15-16H2,1-5H3/t21-/m0/s1. The molecule has 30 heavy (non-hydrogen) atoms. The summed E-state index contributed by atoms with van der Waals surface area (Å²) in [6.45, 7) is 12.4. The molecule has 5 heteroatoms. The summed E-state index contributed by atoms with van der Waals surface area (Å²) < 4.78 is 7.99. The van der Waals surface area contributed by atoms with Crippen molar-refractivity contribution in [3.05, 3.63) is 59.3 Å². The fourth-order valence-corrected chi connectivity index (χ4v) is 3.98. The monoisotopic (exact) mass is 408 g/mol. The lowest BCUT2D eigenvalue weighted by atomic mass is 10.1. The molecule has 160 valence electrons. The van der Waals surface area contributed by atoms with Crippen LogP contribution in [-0.2, 0) is 0 Å². The topological polar surface area (TPSA) is 54.7 Å². The number of rotatable bonds is 9. The lowest BCUT2D eigenvalue weighted by Crippen LogP contribution is -2.35. The van der Waals surface area contributed by atoms with Crippen molar-refractivity contribution in [3.63, 3.8) is 0 Å². The van der Waals surface area contributed by atoms with Gasteiger partial charge in [0.1, 0.15) is 18.5 Å². The van der Waals surface area contributed by atoms with Gasteiger partial charge in [0.25, 0.3) is 0 Å². The Balaban J connectivity index is 1.93. The number of carbonyl (C=O) groups excluding carboxylic acids is 1. The van der Waals surface area contributed by atoms with E-state index in [4.69, 9.17) is 4.74 Å². The van der Waals surface area contributed by atoms with Crippen LogP contribution in [-0.4, -0.2) is 52.7 Å². The van der Waals surface area contributed by atoms with Gasteiger partial charge >= 0.3 is 0 Å². The van der Waals surface area contributed by atoms with Gasteiger partial charge in [-0.3, -0.25) is 4.79 Å². The molecule has 0 saturated heterocycles. The summed E-state index contributed by atoms with van der Waals surface area (Å²) in [7, 11) is 0. The van der Waals surface area contributed by atoms with Crippen LogP contribution in [0.1, 0.15) is 42.4 Å². The molecular formula is C25H32N2O3. The third-order valence-electron chi connectivity index (χ3n) is 5.63. The minimum atomic E-state index is -0.563. The summed E-state index contributed by atoms with van der Waals surface area (Å²) in [5.74, 6) is 0.687. The van der Waals surface area contributed by atoms with E-state index >= 15 is 0 Å². The highest BCUT2D eigenvalue weighted by Gasteiger charge is 2.19. The molecule has 1 heterocycles. The van der Waals surface area contributed by atoms with Crippen LogP contribution in [0, 0.1) is 13.8 Å². The van der Waals surface area contributed by atoms with E-state index in [0.29, 0.717) is 17.9 Å². The summed E-state index contributed by atoms with van der Waals surface area (Å²) in [5.41, 5.74) is 4.81. The molecule has 0 fully saturated rings. The number of benzene rings is 2. The van der Waals surface area contributed by atoms with Gasteiger partial charge in [0, 0.05) is 28.9 Å². The van der Waals surface area contributed by atoms with E-state index in [1.165, 1.54) is 5.56 Å². The number of Topliss-reactive ketones (excluding diaryl/α,β-unsaturated/α-hetero) is 1. The highest BCUT2D eigenvalue weighted by molar-refractivity contribution is 6.09. The first kappa shape index (κ1) is 22.1. The van der Waals surface area contributed by atoms with Crippen LogP contribution in [0.4, 0.5) is 0 Å². The van der Waals surface area contributed by atoms with Gasteiger partial charge in [0.2, 0.25) is 0 Å². The van der Waals surface area contributed by atoms with Crippen LogP contribution >= 0.6 is 0 Å². The second kappa shape index (κ2) is 9.45. The molecule has 0 aliphatic carbocycles. The summed E-state index contributed by atoms with van der Waals surface area (Å²) >= 11 is 0. The molecule has 1 N–H and O–H groups in total. The molecule has 3 aromatic rings. The highest BCUT2D eigenvalue weighted by atomic mass is 16.5. The zero-order valence-electron chi connectivity index (χ0n) is 18.6. The average molecular weight is 409 g/mol. The maximum Gasteiger partial charge on any atom is 0.162 e. The Morgan fingerprint density at radius 1 is 1.10 bits per heavy atom. The maximum atomic E-state index is 12.4. The number of ether oxygens (including phenoxy) is 1. The Labute approximate surface area is 178 Å². The van der Waals surface area contributed by atoms with Gasteiger partial charge in [0.05, 0.1) is 5.52 Å². The number of carbonyl (C=O) groups is 1. The smallest absolute Gasteiger partial charge is 0.162 e. The predicted molar refractivity (Wildman–Crippen MR) is 122 cm³/mol. The van der Waals surface area contributed by atoms with Crippen LogP contribution in [0.25, 0.3) is 16.6 Å². The predicted octanol–water partition coefficient (Wildman–Crippen LogP) is 4.53. The van der Waals surface area contributed by atoms with Gasteiger partial charge in [-0.2, -0.15) is 0 Å². The van der Waals surface area contributed by atoms with E-state index in [0.717, 1.165) is 35.4 Å². The molecule has 0 radical (unpaired) electrons.